The number of anilines is 1. The Labute approximate surface area is 146 Å². The standard InChI is InChI=1S/C18H23FN4O2/c1-11(2)10-22(13-7-8-13)18(25)15-9-16(17(20)24)23(21-15)14-5-3-12(19)4-6-14/h3-6,11,13,16H,7-10H2,1-2H3,(H2,20,24). The minimum atomic E-state index is -0.732. The van der Waals surface area contributed by atoms with Crippen LogP contribution in [0.3, 0.4) is 0 Å². The number of benzene rings is 1. The topological polar surface area (TPSA) is 79.0 Å². The normalized spacial score (nSPS) is 19.9. The van der Waals surface area contributed by atoms with Crippen molar-refractivity contribution in [2.45, 2.75) is 45.2 Å². The first-order valence-corrected chi connectivity index (χ1v) is 8.59. The van der Waals surface area contributed by atoms with E-state index in [1.54, 1.807) is 0 Å². The maximum atomic E-state index is 13.2. The van der Waals surface area contributed by atoms with Gasteiger partial charge in [-0.25, -0.2) is 4.39 Å². The van der Waals surface area contributed by atoms with Gasteiger partial charge in [0, 0.05) is 19.0 Å². The van der Waals surface area contributed by atoms with Gasteiger partial charge < -0.3 is 10.6 Å². The van der Waals surface area contributed by atoms with Gasteiger partial charge in [-0.15, -0.1) is 0 Å². The van der Waals surface area contributed by atoms with Gasteiger partial charge in [-0.2, -0.15) is 5.10 Å². The highest BCUT2D eigenvalue weighted by Crippen LogP contribution is 2.30. The van der Waals surface area contributed by atoms with E-state index in [1.807, 2.05) is 4.90 Å². The summed E-state index contributed by atoms with van der Waals surface area (Å²) in [4.78, 5) is 26.6. The van der Waals surface area contributed by atoms with Gasteiger partial charge in [-0.1, -0.05) is 13.8 Å². The minimum Gasteiger partial charge on any atom is -0.368 e. The quantitative estimate of drug-likeness (QED) is 0.854. The molecule has 1 atom stereocenters. The molecule has 1 aliphatic heterocycles. The smallest absolute Gasteiger partial charge is 0.270 e. The summed E-state index contributed by atoms with van der Waals surface area (Å²) in [5, 5.41) is 5.79. The zero-order valence-corrected chi connectivity index (χ0v) is 14.5. The van der Waals surface area contributed by atoms with Crippen LogP contribution in [0.15, 0.2) is 29.4 Å². The van der Waals surface area contributed by atoms with E-state index < -0.39 is 11.9 Å². The third-order valence-corrected chi connectivity index (χ3v) is 4.39. The Balaban J connectivity index is 1.85. The van der Waals surface area contributed by atoms with Crippen molar-refractivity contribution in [2.24, 2.45) is 16.8 Å². The van der Waals surface area contributed by atoms with Crippen LogP contribution < -0.4 is 10.7 Å². The number of carbonyl (C=O) groups is 2. The molecule has 134 valence electrons. The molecule has 0 aromatic heterocycles. The maximum absolute atomic E-state index is 13.2. The second kappa shape index (κ2) is 6.82. The van der Waals surface area contributed by atoms with Gasteiger partial charge in [-0.3, -0.25) is 14.6 Å². The number of hydrazone groups is 1. The first-order valence-electron chi connectivity index (χ1n) is 8.59. The average Bonchev–Trinajstić information content (AvgIpc) is 3.30. The van der Waals surface area contributed by atoms with E-state index in [1.165, 1.54) is 29.3 Å². The fourth-order valence-electron chi connectivity index (χ4n) is 3.04. The van der Waals surface area contributed by atoms with Crippen molar-refractivity contribution in [2.75, 3.05) is 11.6 Å². The maximum Gasteiger partial charge on any atom is 0.270 e. The van der Waals surface area contributed by atoms with Crippen LogP contribution in [-0.4, -0.2) is 41.1 Å². The highest BCUT2D eigenvalue weighted by molar-refractivity contribution is 6.40. The lowest BCUT2D eigenvalue weighted by Crippen LogP contribution is -2.42. The average molecular weight is 346 g/mol. The molecular weight excluding hydrogens is 323 g/mol. The van der Waals surface area contributed by atoms with E-state index in [0.29, 0.717) is 23.9 Å². The molecule has 0 spiro atoms. The first-order chi connectivity index (χ1) is 11.9. The summed E-state index contributed by atoms with van der Waals surface area (Å²) in [6, 6.07) is 5.16. The van der Waals surface area contributed by atoms with Gasteiger partial charge >= 0.3 is 0 Å². The molecular formula is C18H23FN4O2. The minimum absolute atomic E-state index is 0.132. The lowest BCUT2D eigenvalue weighted by molar-refractivity contribution is -0.125. The van der Waals surface area contributed by atoms with Gasteiger partial charge in [-0.05, 0) is 43.0 Å². The summed E-state index contributed by atoms with van der Waals surface area (Å²) in [6.45, 7) is 4.80. The molecule has 1 unspecified atom stereocenters. The summed E-state index contributed by atoms with van der Waals surface area (Å²) >= 11 is 0. The number of hydrogen-bond donors (Lipinski definition) is 1. The van der Waals surface area contributed by atoms with E-state index in [0.717, 1.165) is 12.8 Å². The van der Waals surface area contributed by atoms with Crippen molar-refractivity contribution in [1.82, 2.24) is 4.90 Å². The molecule has 2 N–H and O–H groups in total. The molecule has 2 amide bonds. The molecule has 1 heterocycles. The molecule has 3 rings (SSSR count). The molecule has 0 saturated heterocycles. The van der Waals surface area contributed by atoms with Crippen LogP contribution in [0.25, 0.3) is 0 Å². The van der Waals surface area contributed by atoms with Crippen molar-refractivity contribution < 1.29 is 14.0 Å². The Hall–Kier alpha value is -2.44. The van der Waals surface area contributed by atoms with Gasteiger partial charge in [0.2, 0.25) is 5.91 Å². The lowest BCUT2D eigenvalue weighted by atomic mass is 10.1. The van der Waals surface area contributed by atoms with E-state index in [4.69, 9.17) is 5.73 Å². The third kappa shape index (κ3) is 3.81. The van der Waals surface area contributed by atoms with E-state index >= 15 is 0 Å². The number of hydrogen-bond acceptors (Lipinski definition) is 4. The number of rotatable bonds is 6. The Morgan fingerprint density at radius 2 is 1.96 bits per heavy atom. The van der Waals surface area contributed by atoms with E-state index in [9.17, 15) is 14.0 Å². The van der Waals surface area contributed by atoms with Gasteiger partial charge in [0.25, 0.3) is 5.91 Å². The van der Waals surface area contributed by atoms with Crippen molar-refractivity contribution in [3.63, 3.8) is 0 Å². The van der Waals surface area contributed by atoms with E-state index in [2.05, 4.69) is 18.9 Å². The molecule has 25 heavy (non-hydrogen) atoms. The van der Waals surface area contributed by atoms with Crippen LogP contribution in [0, 0.1) is 11.7 Å². The molecule has 1 saturated carbocycles. The monoisotopic (exact) mass is 346 g/mol. The molecule has 1 aromatic carbocycles. The summed E-state index contributed by atoms with van der Waals surface area (Å²) < 4.78 is 13.2. The molecule has 1 aromatic rings. The second-order valence-corrected chi connectivity index (χ2v) is 7.07. The fourth-order valence-corrected chi connectivity index (χ4v) is 3.04. The van der Waals surface area contributed by atoms with Gasteiger partial charge in [0.05, 0.1) is 5.69 Å². The number of amides is 2. The van der Waals surface area contributed by atoms with Crippen LogP contribution in [0.4, 0.5) is 10.1 Å². The Bertz CT molecular complexity index is 698. The van der Waals surface area contributed by atoms with Gasteiger partial charge in [0.15, 0.2) is 0 Å². The molecule has 1 fully saturated rings. The third-order valence-electron chi connectivity index (χ3n) is 4.39. The van der Waals surface area contributed by atoms with Gasteiger partial charge in [0.1, 0.15) is 17.6 Å². The number of halogens is 1. The number of nitrogens with two attached hydrogens (primary N) is 1. The van der Waals surface area contributed by atoms with Crippen LogP contribution in [0.5, 0.6) is 0 Å². The van der Waals surface area contributed by atoms with Crippen LogP contribution in [0.2, 0.25) is 0 Å². The summed E-state index contributed by atoms with van der Waals surface area (Å²) in [5.74, 6) is -0.716. The molecule has 0 radical (unpaired) electrons. The van der Waals surface area contributed by atoms with Crippen molar-refractivity contribution in [3.05, 3.63) is 30.1 Å². The Morgan fingerprint density at radius 1 is 1.32 bits per heavy atom. The zero-order chi connectivity index (χ0) is 18.1. The fraction of sp³-hybridized carbons (Fsp3) is 0.500. The first kappa shape index (κ1) is 17.4. The molecule has 2 aliphatic rings. The molecule has 0 bridgehead atoms. The van der Waals surface area contributed by atoms with Crippen molar-refractivity contribution in [1.29, 1.82) is 0 Å². The summed E-state index contributed by atoms with van der Waals surface area (Å²) in [5.41, 5.74) is 6.36. The van der Waals surface area contributed by atoms with Crippen LogP contribution >= 0.6 is 0 Å². The lowest BCUT2D eigenvalue weighted by Gasteiger charge is -2.24. The second-order valence-electron chi connectivity index (χ2n) is 7.07. The number of carbonyl (C=O) groups excluding carboxylic acids is 2. The zero-order valence-electron chi connectivity index (χ0n) is 14.5. The molecule has 6 nitrogen and oxygen atoms in total. The summed E-state index contributed by atoms with van der Waals surface area (Å²) in [6.07, 6.45) is 2.19. The predicted molar refractivity (Wildman–Crippen MR) is 93.5 cm³/mol. The van der Waals surface area contributed by atoms with Crippen molar-refractivity contribution in [3.8, 4) is 0 Å². The van der Waals surface area contributed by atoms with Crippen LogP contribution in [0.1, 0.15) is 33.1 Å². The number of primary amides is 1. The molecule has 7 heteroatoms. The Morgan fingerprint density at radius 3 is 2.48 bits per heavy atom. The Kier molecular flexibility index (Phi) is 4.74. The molecule has 1 aliphatic carbocycles. The van der Waals surface area contributed by atoms with E-state index in [-0.39, 0.29) is 24.2 Å². The highest BCUT2D eigenvalue weighted by Gasteiger charge is 2.40. The number of nitrogens with zero attached hydrogens (tertiary/aromatic N) is 3. The largest absolute Gasteiger partial charge is 0.368 e. The highest BCUT2D eigenvalue weighted by atomic mass is 19.1. The predicted octanol–water partition coefficient (Wildman–Crippen LogP) is 1.89. The SMILES string of the molecule is CC(C)CN(C(=O)C1=NN(c2ccc(F)cc2)C(C(N)=O)C1)C1CC1. The van der Waals surface area contributed by atoms with Crippen molar-refractivity contribution >= 4 is 23.2 Å². The summed E-state index contributed by atoms with van der Waals surface area (Å²) in [7, 11) is 0. The van der Waals surface area contributed by atoms with Crippen LogP contribution in [-0.2, 0) is 9.59 Å².